The molecule has 1 amide bonds. The smallest absolute Gasteiger partial charge is 0.277 e. The van der Waals surface area contributed by atoms with E-state index in [0.29, 0.717) is 23.8 Å². The standard InChI is InChI=1S/C21H21N3O3S/c1-2-26-17-12-8-15(9-13-17)20-23-24-21(27-20)28-18(14-6-4-3-5-7-14)19(25)22-16-10-11-16/h3-9,12-13,16,18H,2,10-11H2,1H3,(H,22,25)/t18-/m1/s1. The Labute approximate surface area is 167 Å². The average Bonchev–Trinajstić information content (AvgIpc) is 3.41. The van der Waals surface area contributed by atoms with Gasteiger partial charge in [0, 0.05) is 11.6 Å². The number of hydrogen-bond donors (Lipinski definition) is 1. The summed E-state index contributed by atoms with van der Waals surface area (Å²) in [5.41, 5.74) is 1.72. The maximum atomic E-state index is 12.7. The van der Waals surface area contributed by atoms with Crippen LogP contribution in [-0.4, -0.2) is 28.8 Å². The van der Waals surface area contributed by atoms with E-state index in [-0.39, 0.29) is 5.91 Å². The summed E-state index contributed by atoms with van der Waals surface area (Å²) in [6.07, 6.45) is 2.08. The molecule has 1 aromatic heterocycles. The molecule has 0 bridgehead atoms. The molecule has 1 aliphatic rings. The van der Waals surface area contributed by atoms with Gasteiger partial charge in [0.1, 0.15) is 11.0 Å². The van der Waals surface area contributed by atoms with E-state index in [2.05, 4.69) is 15.5 Å². The van der Waals surface area contributed by atoms with Crippen molar-refractivity contribution in [3.8, 4) is 17.2 Å². The zero-order valence-electron chi connectivity index (χ0n) is 15.5. The number of nitrogens with one attached hydrogen (secondary N) is 1. The van der Waals surface area contributed by atoms with Crippen molar-refractivity contribution in [1.82, 2.24) is 15.5 Å². The van der Waals surface area contributed by atoms with Gasteiger partial charge in [-0.1, -0.05) is 30.3 Å². The molecule has 7 heteroatoms. The molecular formula is C21H21N3O3S. The first-order chi connectivity index (χ1) is 13.7. The van der Waals surface area contributed by atoms with Crippen LogP contribution in [0.5, 0.6) is 5.75 Å². The summed E-state index contributed by atoms with van der Waals surface area (Å²) in [7, 11) is 0. The maximum Gasteiger partial charge on any atom is 0.277 e. The number of thioether (sulfide) groups is 1. The van der Waals surface area contributed by atoms with Crippen molar-refractivity contribution >= 4 is 17.7 Å². The van der Waals surface area contributed by atoms with Crippen molar-refractivity contribution < 1.29 is 13.9 Å². The van der Waals surface area contributed by atoms with Crippen LogP contribution in [0.25, 0.3) is 11.5 Å². The van der Waals surface area contributed by atoms with E-state index in [9.17, 15) is 4.79 Å². The molecule has 0 spiro atoms. The first-order valence-electron chi connectivity index (χ1n) is 9.31. The third kappa shape index (κ3) is 4.54. The Morgan fingerprint density at radius 1 is 1.18 bits per heavy atom. The lowest BCUT2D eigenvalue weighted by molar-refractivity contribution is -0.120. The van der Waals surface area contributed by atoms with Gasteiger partial charge in [0.2, 0.25) is 11.8 Å². The fraction of sp³-hybridized carbons (Fsp3) is 0.286. The lowest BCUT2D eigenvalue weighted by Crippen LogP contribution is -2.29. The Balaban J connectivity index is 1.51. The van der Waals surface area contributed by atoms with E-state index in [1.807, 2.05) is 61.5 Å². The molecule has 0 aliphatic heterocycles. The lowest BCUT2D eigenvalue weighted by Gasteiger charge is -2.14. The molecule has 1 saturated carbocycles. The highest BCUT2D eigenvalue weighted by Crippen LogP contribution is 2.36. The third-order valence-electron chi connectivity index (χ3n) is 4.30. The number of carbonyl (C=O) groups excluding carboxylic acids is 1. The normalized spacial score (nSPS) is 14.5. The Kier molecular flexibility index (Phi) is 5.62. The van der Waals surface area contributed by atoms with E-state index in [4.69, 9.17) is 9.15 Å². The number of rotatable bonds is 8. The third-order valence-corrected chi connectivity index (χ3v) is 5.39. The first-order valence-corrected chi connectivity index (χ1v) is 10.2. The maximum absolute atomic E-state index is 12.7. The summed E-state index contributed by atoms with van der Waals surface area (Å²) < 4.78 is 11.3. The van der Waals surface area contributed by atoms with E-state index < -0.39 is 5.25 Å². The van der Waals surface area contributed by atoms with Crippen LogP contribution in [-0.2, 0) is 4.79 Å². The van der Waals surface area contributed by atoms with Gasteiger partial charge in [-0.3, -0.25) is 4.79 Å². The van der Waals surface area contributed by atoms with Crippen molar-refractivity contribution in [2.75, 3.05) is 6.61 Å². The minimum Gasteiger partial charge on any atom is -0.494 e. The molecule has 1 aliphatic carbocycles. The second kappa shape index (κ2) is 8.48. The molecule has 3 aromatic rings. The van der Waals surface area contributed by atoms with Gasteiger partial charge in [-0.2, -0.15) is 0 Å². The molecule has 0 unspecified atom stereocenters. The SMILES string of the molecule is CCOc1ccc(-c2nnc(S[C@@H](C(=O)NC3CC3)c3ccccc3)o2)cc1. The van der Waals surface area contributed by atoms with Crippen LogP contribution < -0.4 is 10.1 Å². The van der Waals surface area contributed by atoms with Crippen LogP contribution in [0.15, 0.2) is 64.2 Å². The van der Waals surface area contributed by atoms with E-state index in [1.54, 1.807) is 0 Å². The topological polar surface area (TPSA) is 77.2 Å². The highest BCUT2D eigenvalue weighted by atomic mass is 32.2. The zero-order chi connectivity index (χ0) is 19.3. The number of amides is 1. The summed E-state index contributed by atoms with van der Waals surface area (Å²) in [6, 6.07) is 17.4. The number of aromatic nitrogens is 2. The van der Waals surface area contributed by atoms with Crippen molar-refractivity contribution in [2.45, 2.75) is 36.3 Å². The number of nitrogens with zero attached hydrogens (tertiary/aromatic N) is 2. The van der Waals surface area contributed by atoms with E-state index in [0.717, 1.165) is 29.7 Å². The fourth-order valence-corrected chi connectivity index (χ4v) is 3.63. The molecule has 1 heterocycles. The quantitative estimate of drug-likeness (QED) is 0.575. The summed E-state index contributed by atoms with van der Waals surface area (Å²) in [5.74, 6) is 1.18. The van der Waals surface area contributed by atoms with Gasteiger partial charge in [0.05, 0.1) is 6.61 Å². The van der Waals surface area contributed by atoms with Crippen LogP contribution in [0.3, 0.4) is 0 Å². The van der Waals surface area contributed by atoms with Crippen molar-refractivity contribution in [1.29, 1.82) is 0 Å². The van der Waals surface area contributed by atoms with Gasteiger partial charge in [-0.25, -0.2) is 0 Å². The molecule has 0 saturated heterocycles. The predicted octanol–water partition coefficient (Wildman–Crippen LogP) is 4.25. The Morgan fingerprint density at radius 3 is 2.61 bits per heavy atom. The van der Waals surface area contributed by atoms with Gasteiger partial charge in [-0.15, -0.1) is 10.2 Å². The van der Waals surface area contributed by atoms with Gasteiger partial charge in [0.15, 0.2) is 0 Å². The fourth-order valence-electron chi connectivity index (χ4n) is 2.74. The highest BCUT2D eigenvalue weighted by molar-refractivity contribution is 8.00. The minimum absolute atomic E-state index is 0.0282. The molecule has 144 valence electrons. The van der Waals surface area contributed by atoms with Crippen molar-refractivity contribution in [3.63, 3.8) is 0 Å². The minimum atomic E-state index is -0.435. The van der Waals surface area contributed by atoms with Crippen LogP contribution in [0.2, 0.25) is 0 Å². The second-order valence-corrected chi connectivity index (χ2v) is 7.58. The molecule has 1 N–H and O–H groups in total. The van der Waals surface area contributed by atoms with Gasteiger partial charge in [-0.05, 0) is 61.4 Å². The van der Waals surface area contributed by atoms with E-state index >= 15 is 0 Å². The highest BCUT2D eigenvalue weighted by Gasteiger charge is 2.30. The molecule has 4 rings (SSSR count). The number of hydrogen-bond acceptors (Lipinski definition) is 6. The van der Waals surface area contributed by atoms with E-state index in [1.165, 1.54) is 11.8 Å². The largest absolute Gasteiger partial charge is 0.494 e. The number of carbonyl (C=O) groups is 1. The van der Waals surface area contributed by atoms with Gasteiger partial charge in [0.25, 0.3) is 5.22 Å². The van der Waals surface area contributed by atoms with Crippen LogP contribution >= 0.6 is 11.8 Å². The Morgan fingerprint density at radius 2 is 1.93 bits per heavy atom. The Bertz CT molecular complexity index is 924. The average molecular weight is 395 g/mol. The monoisotopic (exact) mass is 395 g/mol. The molecule has 6 nitrogen and oxygen atoms in total. The second-order valence-electron chi connectivity index (χ2n) is 6.52. The van der Waals surface area contributed by atoms with Crippen LogP contribution in [0.1, 0.15) is 30.6 Å². The molecule has 28 heavy (non-hydrogen) atoms. The molecular weight excluding hydrogens is 374 g/mol. The Hall–Kier alpha value is -2.80. The predicted molar refractivity (Wildman–Crippen MR) is 107 cm³/mol. The summed E-state index contributed by atoms with van der Waals surface area (Å²) in [4.78, 5) is 12.7. The van der Waals surface area contributed by atoms with Crippen molar-refractivity contribution in [2.24, 2.45) is 0 Å². The zero-order valence-corrected chi connectivity index (χ0v) is 16.3. The number of benzene rings is 2. The molecule has 1 fully saturated rings. The lowest BCUT2D eigenvalue weighted by atomic mass is 10.1. The van der Waals surface area contributed by atoms with Gasteiger partial charge >= 0.3 is 0 Å². The molecule has 1 atom stereocenters. The van der Waals surface area contributed by atoms with Crippen LogP contribution in [0, 0.1) is 0 Å². The van der Waals surface area contributed by atoms with Crippen molar-refractivity contribution in [3.05, 3.63) is 60.2 Å². The van der Waals surface area contributed by atoms with Crippen LogP contribution in [0.4, 0.5) is 0 Å². The molecule has 0 radical (unpaired) electrons. The van der Waals surface area contributed by atoms with Gasteiger partial charge < -0.3 is 14.5 Å². The summed E-state index contributed by atoms with van der Waals surface area (Å²) >= 11 is 1.27. The summed E-state index contributed by atoms with van der Waals surface area (Å²) in [5, 5.41) is 11.3. The first kappa shape index (κ1) is 18.6. The molecule has 2 aromatic carbocycles. The number of ether oxygens (including phenoxy) is 1. The summed E-state index contributed by atoms with van der Waals surface area (Å²) in [6.45, 7) is 2.56.